The molecular weight excluding hydrogens is 348 g/mol. The molecule has 0 bridgehead atoms. The van der Waals surface area contributed by atoms with Crippen LogP contribution in [0.5, 0.6) is 0 Å². The number of benzene rings is 2. The molecule has 108 valence electrons. The van der Waals surface area contributed by atoms with Crippen LogP contribution in [-0.2, 0) is 6.42 Å². The molecule has 0 aromatic heterocycles. The fraction of sp³-hybridized carbons (Fsp3) is 0.125. The first kappa shape index (κ1) is 15.7. The van der Waals surface area contributed by atoms with Gasteiger partial charge in [-0.25, -0.2) is 0 Å². The van der Waals surface area contributed by atoms with Crippen LogP contribution in [0.2, 0.25) is 0 Å². The summed E-state index contributed by atoms with van der Waals surface area (Å²) in [5.74, 6) is -0.151. The zero-order valence-electron chi connectivity index (χ0n) is 11.5. The monoisotopic (exact) mass is 362 g/mol. The summed E-state index contributed by atoms with van der Waals surface area (Å²) in [6.45, 7) is 2.05. The first-order chi connectivity index (χ1) is 10.0. The molecule has 0 saturated heterocycles. The highest BCUT2D eigenvalue weighted by molar-refractivity contribution is 9.10. The number of nitrogens with two attached hydrogens (primary N) is 1. The lowest BCUT2D eigenvalue weighted by molar-refractivity contribution is 0.102. The van der Waals surface area contributed by atoms with E-state index in [2.05, 4.69) is 28.2 Å². The van der Waals surface area contributed by atoms with Crippen molar-refractivity contribution in [2.24, 2.45) is 5.73 Å². The predicted molar refractivity (Wildman–Crippen MR) is 93.8 cm³/mol. The van der Waals surface area contributed by atoms with Crippen LogP contribution in [-0.4, -0.2) is 10.9 Å². The number of anilines is 1. The van der Waals surface area contributed by atoms with E-state index in [4.69, 9.17) is 18.0 Å². The Kier molecular flexibility index (Phi) is 5.09. The van der Waals surface area contributed by atoms with Gasteiger partial charge in [0.2, 0.25) is 0 Å². The van der Waals surface area contributed by atoms with Crippen LogP contribution >= 0.6 is 28.1 Å². The highest BCUT2D eigenvalue weighted by Crippen LogP contribution is 2.22. The topological polar surface area (TPSA) is 55.1 Å². The number of halogens is 1. The van der Waals surface area contributed by atoms with Crippen molar-refractivity contribution in [3.8, 4) is 0 Å². The Balaban J connectivity index is 2.19. The maximum Gasteiger partial charge on any atom is 0.255 e. The molecular formula is C16H15BrN2OS. The third kappa shape index (κ3) is 3.89. The van der Waals surface area contributed by atoms with Gasteiger partial charge in [0, 0.05) is 21.3 Å². The summed E-state index contributed by atoms with van der Waals surface area (Å²) in [6, 6.07) is 12.7. The third-order valence-corrected chi connectivity index (χ3v) is 3.86. The van der Waals surface area contributed by atoms with Gasteiger partial charge in [-0.2, -0.15) is 0 Å². The zero-order chi connectivity index (χ0) is 15.4. The highest BCUT2D eigenvalue weighted by Gasteiger charge is 2.09. The Morgan fingerprint density at radius 2 is 1.81 bits per heavy atom. The standard InChI is InChI=1S/C16H15BrN2OS/c1-2-10-9-13(17)7-8-14(10)19-16(20)12-5-3-11(4-6-12)15(18)21/h3-9H,2H2,1H3,(H2,18,21)(H,19,20). The number of hydrogen-bond acceptors (Lipinski definition) is 2. The van der Waals surface area contributed by atoms with E-state index in [1.807, 2.05) is 18.2 Å². The summed E-state index contributed by atoms with van der Waals surface area (Å²) in [6.07, 6.45) is 0.843. The number of hydrogen-bond donors (Lipinski definition) is 2. The van der Waals surface area contributed by atoms with Gasteiger partial charge in [-0.05, 0) is 42.3 Å². The lowest BCUT2D eigenvalue weighted by Gasteiger charge is -2.10. The van der Waals surface area contributed by atoms with Gasteiger partial charge >= 0.3 is 0 Å². The maximum atomic E-state index is 12.3. The van der Waals surface area contributed by atoms with Crippen molar-refractivity contribution in [1.29, 1.82) is 0 Å². The average molecular weight is 363 g/mol. The normalized spacial score (nSPS) is 10.2. The summed E-state index contributed by atoms with van der Waals surface area (Å²) < 4.78 is 0.998. The van der Waals surface area contributed by atoms with Crippen LogP contribution in [0.4, 0.5) is 5.69 Å². The molecule has 0 spiro atoms. The maximum absolute atomic E-state index is 12.3. The van der Waals surface area contributed by atoms with Gasteiger partial charge in [0.1, 0.15) is 4.99 Å². The molecule has 0 unspecified atom stereocenters. The first-order valence-corrected chi connectivity index (χ1v) is 7.71. The Morgan fingerprint density at radius 1 is 1.19 bits per heavy atom. The fourth-order valence-electron chi connectivity index (χ4n) is 1.96. The minimum absolute atomic E-state index is 0.151. The second-order valence-corrected chi connectivity index (χ2v) is 5.91. The Hall–Kier alpha value is -1.72. The van der Waals surface area contributed by atoms with E-state index in [1.165, 1.54) is 0 Å². The van der Waals surface area contributed by atoms with Gasteiger partial charge in [-0.15, -0.1) is 0 Å². The Labute approximate surface area is 137 Å². The van der Waals surface area contributed by atoms with E-state index in [9.17, 15) is 4.79 Å². The van der Waals surface area contributed by atoms with Gasteiger partial charge in [0.15, 0.2) is 0 Å². The number of amides is 1. The Morgan fingerprint density at radius 3 is 2.38 bits per heavy atom. The summed E-state index contributed by atoms with van der Waals surface area (Å²) >= 11 is 8.33. The van der Waals surface area contributed by atoms with E-state index in [1.54, 1.807) is 24.3 Å². The van der Waals surface area contributed by atoms with Crippen molar-refractivity contribution in [1.82, 2.24) is 0 Å². The van der Waals surface area contributed by atoms with Crippen LogP contribution in [0.25, 0.3) is 0 Å². The number of carbonyl (C=O) groups excluding carboxylic acids is 1. The van der Waals surface area contributed by atoms with Gasteiger partial charge < -0.3 is 11.1 Å². The van der Waals surface area contributed by atoms with E-state index in [0.29, 0.717) is 10.6 Å². The van der Waals surface area contributed by atoms with Crippen molar-refractivity contribution < 1.29 is 4.79 Å². The molecule has 5 heteroatoms. The van der Waals surface area contributed by atoms with Crippen molar-refractivity contribution >= 4 is 44.7 Å². The molecule has 3 N–H and O–H groups in total. The summed E-state index contributed by atoms with van der Waals surface area (Å²) in [5, 5.41) is 2.93. The summed E-state index contributed by atoms with van der Waals surface area (Å²) in [5.41, 5.74) is 8.77. The van der Waals surface area contributed by atoms with E-state index < -0.39 is 0 Å². The summed E-state index contributed by atoms with van der Waals surface area (Å²) in [4.78, 5) is 12.6. The molecule has 0 aliphatic carbocycles. The molecule has 2 aromatic carbocycles. The van der Waals surface area contributed by atoms with Crippen molar-refractivity contribution in [2.75, 3.05) is 5.32 Å². The molecule has 0 atom stereocenters. The molecule has 0 fully saturated rings. The number of carbonyl (C=O) groups is 1. The minimum atomic E-state index is -0.151. The minimum Gasteiger partial charge on any atom is -0.389 e. The van der Waals surface area contributed by atoms with Crippen LogP contribution in [0.3, 0.4) is 0 Å². The molecule has 0 aliphatic rings. The van der Waals surface area contributed by atoms with Gasteiger partial charge in [-0.3, -0.25) is 4.79 Å². The van der Waals surface area contributed by atoms with Gasteiger partial charge in [0.05, 0.1) is 0 Å². The quantitative estimate of drug-likeness (QED) is 0.811. The molecule has 2 aromatic rings. The molecule has 0 heterocycles. The van der Waals surface area contributed by atoms with E-state index >= 15 is 0 Å². The summed E-state index contributed by atoms with van der Waals surface area (Å²) in [7, 11) is 0. The zero-order valence-corrected chi connectivity index (χ0v) is 13.9. The van der Waals surface area contributed by atoms with Crippen LogP contribution in [0.15, 0.2) is 46.9 Å². The Bertz CT molecular complexity index is 683. The second kappa shape index (κ2) is 6.83. The van der Waals surface area contributed by atoms with E-state index in [-0.39, 0.29) is 5.91 Å². The van der Waals surface area contributed by atoms with E-state index in [0.717, 1.165) is 27.7 Å². The molecule has 21 heavy (non-hydrogen) atoms. The molecule has 0 saturated carbocycles. The second-order valence-electron chi connectivity index (χ2n) is 4.55. The van der Waals surface area contributed by atoms with Crippen LogP contribution in [0.1, 0.15) is 28.4 Å². The lowest BCUT2D eigenvalue weighted by Crippen LogP contribution is -2.14. The van der Waals surface area contributed by atoms with Gasteiger partial charge in [0.25, 0.3) is 5.91 Å². The van der Waals surface area contributed by atoms with Crippen molar-refractivity contribution in [3.63, 3.8) is 0 Å². The number of aryl methyl sites for hydroxylation is 1. The number of thiocarbonyl (C=S) groups is 1. The number of rotatable bonds is 4. The first-order valence-electron chi connectivity index (χ1n) is 6.51. The van der Waals surface area contributed by atoms with Crippen LogP contribution < -0.4 is 11.1 Å². The lowest BCUT2D eigenvalue weighted by atomic mass is 10.1. The molecule has 0 aliphatic heterocycles. The van der Waals surface area contributed by atoms with Gasteiger partial charge in [-0.1, -0.05) is 47.2 Å². The largest absolute Gasteiger partial charge is 0.389 e. The molecule has 3 nitrogen and oxygen atoms in total. The predicted octanol–water partition coefficient (Wildman–Crippen LogP) is 3.90. The smallest absolute Gasteiger partial charge is 0.255 e. The molecule has 2 rings (SSSR count). The third-order valence-electron chi connectivity index (χ3n) is 3.13. The SMILES string of the molecule is CCc1cc(Br)ccc1NC(=O)c1ccc(C(N)=S)cc1. The molecule has 0 radical (unpaired) electrons. The highest BCUT2D eigenvalue weighted by atomic mass is 79.9. The average Bonchev–Trinajstić information content (AvgIpc) is 2.49. The van der Waals surface area contributed by atoms with Crippen molar-refractivity contribution in [3.05, 3.63) is 63.6 Å². The fourth-order valence-corrected chi connectivity index (χ4v) is 2.50. The molecule has 1 amide bonds. The van der Waals surface area contributed by atoms with Crippen LogP contribution in [0, 0.1) is 0 Å². The van der Waals surface area contributed by atoms with Crippen molar-refractivity contribution in [2.45, 2.75) is 13.3 Å². The number of nitrogens with one attached hydrogen (secondary N) is 1.